The molecular weight excluding hydrogens is 989 g/mol. The van der Waals surface area contributed by atoms with E-state index in [1.807, 2.05) is 34.7 Å². The molecule has 2 aromatic rings. The number of likely N-dealkylation sites (tertiary alicyclic amines) is 1. The number of nitrogens with one attached hydrogen (secondary N) is 4. The molecule has 1 aromatic carbocycles. The monoisotopic (exact) mass is 1060 g/mol. The van der Waals surface area contributed by atoms with Crippen LogP contribution in [-0.4, -0.2) is 140 Å². The number of esters is 1. The standard InChI is InChI=1S/C45H71N7O14P2S2/c1-27(2)35(51(8)45(59)40(28(3)4)50-38(54)12-10-9-11-17-46-7)24-36(65-30(6)53)43-49-34(26-70-43)42(57)48-32(23-31-13-15-33(16-14-31)66-68(62,63)64)22-29(5)41(56)47-18-20-67(60,61)21-19-52-39(55)25-37(69)44(52)58/h13-16,26-29,32,35-37,40,46,69H,9-12,17-25H2,1-8H3,(H,47,56)(H,48,57)(H,50,54)(H,60,61)(H2,62,63,64)/t29?,32-,35-,36-,37?,40+/m1/s1. The second-order valence-corrected chi connectivity index (χ2v) is 23.6. The minimum absolute atomic E-state index is 0.0235. The van der Waals surface area contributed by atoms with Crippen molar-refractivity contribution in [1.82, 2.24) is 36.1 Å². The van der Waals surface area contributed by atoms with Gasteiger partial charge in [-0.15, -0.1) is 11.3 Å². The molecule has 3 rings (SSSR count). The number of hydrogen-bond donors (Lipinski definition) is 8. The minimum atomic E-state index is -4.84. The van der Waals surface area contributed by atoms with Crippen molar-refractivity contribution >= 4 is 80.6 Å². The summed E-state index contributed by atoms with van der Waals surface area (Å²) in [6.07, 6.45) is 1.35. The summed E-state index contributed by atoms with van der Waals surface area (Å²) in [5.74, 6) is -4.50. The van der Waals surface area contributed by atoms with Gasteiger partial charge in [0.2, 0.25) is 36.9 Å². The molecule has 1 saturated heterocycles. The Bertz CT molecular complexity index is 2210. The van der Waals surface area contributed by atoms with Gasteiger partial charge in [-0.1, -0.05) is 53.2 Å². The second kappa shape index (κ2) is 28.1. The lowest BCUT2D eigenvalue weighted by Crippen LogP contribution is -2.54. The van der Waals surface area contributed by atoms with Gasteiger partial charge in [-0.05, 0) is 68.8 Å². The van der Waals surface area contributed by atoms with E-state index in [1.165, 1.54) is 36.6 Å². The minimum Gasteiger partial charge on any atom is -0.455 e. The van der Waals surface area contributed by atoms with Gasteiger partial charge in [0, 0.05) is 82.0 Å². The van der Waals surface area contributed by atoms with Crippen molar-refractivity contribution in [2.24, 2.45) is 17.8 Å². The number of aromatic nitrogens is 1. The van der Waals surface area contributed by atoms with E-state index in [-0.39, 0.29) is 97.6 Å². The Hall–Kier alpha value is -4.21. The summed E-state index contributed by atoms with van der Waals surface area (Å²) in [7, 11) is -5.19. The summed E-state index contributed by atoms with van der Waals surface area (Å²) >= 11 is 5.14. The second-order valence-electron chi connectivity index (χ2n) is 18.3. The molecule has 7 N–H and O–H groups in total. The fraction of sp³-hybridized carbons (Fsp3) is 0.644. The van der Waals surface area contributed by atoms with Crippen LogP contribution in [0, 0.1) is 17.8 Å². The number of amides is 6. The lowest BCUT2D eigenvalue weighted by atomic mass is 9.94. The SMILES string of the molecule is CNCCCCCC(=O)N[C@H](C(=O)N(C)[C@H](C[C@@H](OC(C)=O)c1nc(C(=O)N[C@@H](Cc2ccc(OP(=O)(O)O)cc2)CC(C)C(=O)NCCP(=O)(O)CCN2C(=O)CC(S)C2=O)cs1)C(C)C)C(C)C. The Morgan fingerprint density at radius 2 is 1.61 bits per heavy atom. The van der Waals surface area contributed by atoms with Crippen molar-refractivity contribution in [3.8, 4) is 5.75 Å². The molecule has 0 spiro atoms. The average Bonchev–Trinajstić information content (AvgIpc) is 3.85. The number of unbranched alkanes of at least 4 members (excludes halogenated alkanes) is 2. The molecule has 6 amide bonds. The third kappa shape index (κ3) is 20.1. The van der Waals surface area contributed by atoms with E-state index in [9.17, 15) is 57.4 Å². The van der Waals surface area contributed by atoms with E-state index in [0.717, 1.165) is 35.6 Å². The van der Waals surface area contributed by atoms with Crippen LogP contribution in [0.25, 0.3) is 0 Å². The maximum absolute atomic E-state index is 14.0. The third-order valence-corrected chi connectivity index (χ3v) is 15.3. The van der Waals surface area contributed by atoms with Gasteiger partial charge in [0.25, 0.3) is 5.91 Å². The lowest BCUT2D eigenvalue weighted by molar-refractivity contribution is -0.149. The van der Waals surface area contributed by atoms with E-state index >= 15 is 0 Å². The van der Waals surface area contributed by atoms with E-state index in [4.69, 9.17) is 4.74 Å². The highest BCUT2D eigenvalue weighted by Crippen LogP contribution is 2.40. The molecule has 3 unspecified atom stereocenters. The van der Waals surface area contributed by atoms with Crippen LogP contribution in [0.1, 0.15) is 114 Å². The highest BCUT2D eigenvalue weighted by Gasteiger charge is 2.38. The maximum atomic E-state index is 14.0. The molecule has 1 aromatic heterocycles. The molecule has 1 aliphatic rings. The predicted octanol–water partition coefficient (Wildman–Crippen LogP) is 3.82. The number of hydrogen-bond acceptors (Lipinski definition) is 15. The zero-order valence-corrected chi connectivity index (χ0v) is 44.6. The molecule has 2 heterocycles. The van der Waals surface area contributed by atoms with Gasteiger partial charge in [0.05, 0.1) is 5.25 Å². The maximum Gasteiger partial charge on any atom is 0.524 e. The van der Waals surface area contributed by atoms with Gasteiger partial charge in [-0.3, -0.25) is 52.8 Å². The molecule has 0 radical (unpaired) electrons. The number of nitrogens with zero attached hydrogens (tertiary/aromatic N) is 3. The molecule has 392 valence electrons. The van der Waals surface area contributed by atoms with Crippen LogP contribution in [0.4, 0.5) is 0 Å². The Morgan fingerprint density at radius 1 is 0.943 bits per heavy atom. The van der Waals surface area contributed by atoms with Crippen molar-refractivity contribution in [1.29, 1.82) is 0 Å². The number of carbonyl (C=O) groups is 7. The molecule has 0 aliphatic carbocycles. The molecule has 0 saturated carbocycles. The van der Waals surface area contributed by atoms with Crippen molar-refractivity contribution in [2.45, 2.75) is 122 Å². The first kappa shape index (κ1) is 60.1. The number of likely N-dealkylation sites (N-methyl/N-ethyl adjacent to an activating group) is 1. The quantitative estimate of drug-likeness (QED) is 0.0181. The first-order chi connectivity index (χ1) is 32.7. The number of phosphoric ester groups is 1. The Labute approximate surface area is 419 Å². The van der Waals surface area contributed by atoms with Gasteiger partial charge in [0.1, 0.15) is 22.5 Å². The topological polar surface area (TPSA) is 300 Å². The first-order valence-corrected chi connectivity index (χ1v) is 28.3. The molecular formula is C45H71N7O14P2S2. The van der Waals surface area contributed by atoms with Crippen LogP contribution in [-0.2, 0) is 49.1 Å². The van der Waals surface area contributed by atoms with Crippen LogP contribution < -0.4 is 25.8 Å². The van der Waals surface area contributed by atoms with Crippen molar-refractivity contribution in [3.05, 3.63) is 45.9 Å². The molecule has 7 atom stereocenters. The largest absolute Gasteiger partial charge is 0.524 e. The Kier molecular flexibility index (Phi) is 24.2. The Balaban J connectivity index is 1.77. The summed E-state index contributed by atoms with van der Waals surface area (Å²) in [5, 5.41) is 12.6. The third-order valence-electron chi connectivity index (χ3n) is 11.7. The van der Waals surface area contributed by atoms with E-state index < -0.39 is 80.2 Å². The van der Waals surface area contributed by atoms with Gasteiger partial charge in [-0.2, -0.15) is 12.6 Å². The van der Waals surface area contributed by atoms with E-state index in [1.54, 1.807) is 18.9 Å². The number of ether oxygens (including phenoxy) is 1. The summed E-state index contributed by atoms with van der Waals surface area (Å²) < 4.78 is 34.7. The van der Waals surface area contributed by atoms with Crippen LogP contribution in [0.3, 0.4) is 0 Å². The van der Waals surface area contributed by atoms with Crippen molar-refractivity contribution in [3.63, 3.8) is 0 Å². The summed E-state index contributed by atoms with van der Waals surface area (Å²) in [6, 6.07) is 3.72. The van der Waals surface area contributed by atoms with Gasteiger partial charge < -0.3 is 40.3 Å². The normalized spacial score (nSPS) is 17.1. The molecule has 1 aliphatic heterocycles. The molecule has 1 fully saturated rings. The van der Waals surface area contributed by atoms with E-state index in [2.05, 4.69) is 43.4 Å². The fourth-order valence-electron chi connectivity index (χ4n) is 7.83. The summed E-state index contributed by atoms with van der Waals surface area (Å²) in [6.45, 7) is 10.8. The number of thiazole rings is 1. The highest BCUT2D eigenvalue weighted by atomic mass is 32.1. The molecule has 0 bridgehead atoms. The number of carbonyl (C=O) groups excluding carboxylic acids is 7. The zero-order chi connectivity index (χ0) is 52.5. The number of benzene rings is 1. The fourth-order valence-corrected chi connectivity index (χ4v) is 10.6. The summed E-state index contributed by atoms with van der Waals surface area (Å²) in [4.78, 5) is 127. The molecule has 70 heavy (non-hydrogen) atoms. The number of phosphoric acid groups is 1. The van der Waals surface area contributed by atoms with Gasteiger partial charge in [-0.25, -0.2) is 9.55 Å². The average molecular weight is 1060 g/mol. The molecule has 25 heteroatoms. The van der Waals surface area contributed by atoms with Crippen LogP contribution in [0.2, 0.25) is 0 Å². The first-order valence-electron chi connectivity index (χ1n) is 23.3. The number of thiol groups is 1. The predicted molar refractivity (Wildman–Crippen MR) is 266 cm³/mol. The number of imide groups is 1. The number of rotatable bonds is 30. The van der Waals surface area contributed by atoms with Crippen LogP contribution in [0.15, 0.2) is 29.6 Å². The molecule has 21 nitrogen and oxygen atoms in total. The van der Waals surface area contributed by atoms with Gasteiger partial charge in [0.15, 0.2) is 6.10 Å². The Morgan fingerprint density at radius 3 is 2.19 bits per heavy atom. The lowest BCUT2D eigenvalue weighted by Gasteiger charge is -2.36. The smallest absolute Gasteiger partial charge is 0.455 e. The highest BCUT2D eigenvalue weighted by molar-refractivity contribution is 7.81. The zero-order valence-electron chi connectivity index (χ0n) is 41.1. The van der Waals surface area contributed by atoms with E-state index in [0.29, 0.717) is 12.0 Å². The van der Waals surface area contributed by atoms with Crippen molar-refractivity contribution < 1.29 is 66.6 Å². The van der Waals surface area contributed by atoms with Crippen LogP contribution >= 0.6 is 39.2 Å². The van der Waals surface area contributed by atoms with Gasteiger partial charge >= 0.3 is 13.8 Å². The van der Waals surface area contributed by atoms with Crippen molar-refractivity contribution in [2.75, 3.05) is 46.1 Å². The van der Waals surface area contributed by atoms with Crippen LogP contribution in [0.5, 0.6) is 5.75 Å². The summed E-state index contributed by atoms with van der Waals surface area (Å²) in [5.41, 5.74) is 0.577.